The van der Waals surface area contributed by atoms with Crippen molar-refractivity contribution in [3.63, 3.8) is 0 Å². The van der Waals surface area contributed by atoms with Crippen LogP contribution in [0, 0.1) is 13.8 Å². The van der Waals surface area contributed by atoms with Crippen LogP contribution in [0.3, 0.4) is 0 Å². The van der Waals surface area contributed by atoms with Gasteiger partial charge in [-0.05, 0) is 34.4 Å². The second-order valence-corrected chi connectivity index (χ2v) is 9.59. The first-order chi connectivity index (χ1) is 11.5. The maximum Gasteiger partial charge on any atom is 1.00 e. The molecule has 132 valence electrons. The summed E-state index contributed by atoms with van der Waals surface area (Å²) < 4.78 is 0. The van der Waals surface area contributed by atoms with E-state index in [-0.39, 0.29) is 29.7 Å². The molecule has 0 unspecified atom stereocenters. The third kappa shape index (κ3) is 3.98. The molecule has 3 aromatic carbocycles. The molecule has 3 aromatic rings. The molecule has 0 bridgehead atoms. The number of hydrogen-bond donors (Lipinski definition) is 0. The Hall–Kier alpha value is -1.35. The molecule has 0 amide bonds. The number of rotatable bonds is 1. The van der Waals surface area contributed by atoms with Crippen molar-refractivity contribution in [2.24, 2.45) is 0 Å². The van der Waals surface area contributed by atoms with Crippen LogP contribution in [0.1, 0.15) is 63.8 Å². The molecule has 0 aromatic heterocycles. The summed E-state index contributed by atoms with van der Waals surface area (Å²) in [4.78, 5) is 0. The fraction of sp³-hybridized carbons (Fsp3) is 0.400. The Morgan fingerprint density at radius 3 is 1.77 bits per heavy atom. The SMILES string of the molecule is Cc1cc2c(-c3cc(C(C)(C)C)cc(C(C)(C)C)c3)c(C)ccc2[cH-]1.[Li+]. The van der Waals surface area contributed by atoms with Crippen LogP contribution < -0.4 is 18.9 Å². The second-order valence-electron chi connectivity index (χ2n) is 9.59. The Morgan fingerprint density at radius 1 is 0.731 bits per heavy atom. The monoisotopic (exact) mass is 338 g/mol. The van der Waals surface area contributed by atoms with Gasteiger partial charge in [0.1, 0.15) is 0 Å². The molecule has 26 heavy (non-hydrogen) atoms. The van der Waals surface area contributed by atoms with Gasteiger partial charge in [0.15, 0.2) is 0 Å². The minimum atomic E-state index is 0. The number of benzene rings is 2. The third-order valence-electron chi connectivity index (χ3n) is 5.20. The standard InChI is InChI=1S/C25H31.Li/c1-16-11-18-10-9-17(2)23(22(18)12-16)19-13-20(24(3,4)5)15-21(14-19)25(6,7)8;/h9-15H,1-8H3;/q-1;+1. The minimum Gasteiger partial charge on any atom is -0.165 e. The van der Waals surface area contributed by atoms with E-state index in [1.807, 2.05) is 0 Å². The van der Waals surface area contributed by atoms with Crippen molar-refractivity contribution in [2.45, 2.75) is 66.2 Å². The van der Waals surface area contributed by atoms with E-state index in [0.29, 0.717) is 0 Å². The van der Waals surface area contributed by atoms with Gasteiger partial charge in [0.05, 0.1) is 0 Å². The van der Waals surface area contributed by atoms with Crippen molar-refractivity contribution < 1.29 is 18.9 Å². The molecule has 0 nitrogen and oxygen atoms in total. The minimum absolute atomic E-state index is 0. The van der Waals surface area contributed by atoms with E-state index in [2.05, 4.69) is 97.9 Å². The summed E-state index contributed by atoms with van der Waals surface area (Å²) in [6.07, 6.45) is 0. The van der Waals surface area contributed by atoms with Crippen LogP contribution >= 0.6 is 0 Å². The maximum atomic E-state index is 2.40. The number of aryl methyl sites for hydroxylation is 2. The second kappa shape index (κ2) is 6.99. The van der Waals surface area contributed by atoms with Crippen molar-refractivity contribution in [1.82, 2.24) is 0 Å². The predicted octanol–water partition coefficient (Wildman–Crippen LogP) is 4.44. The molecule has 0 saturated heterocycles. The molecule has 0 atom stereocenters. The molecular formula is C25H31Li. The Kier molecular flexibility index (Phi) is 5.64. The molecule has 1 heteroatoms. The summed E-state index contributed by atoms with van der Waals surface area (Å²) in [5.74, 6) is 0. The van der Waals surface area contributed by atoms with Crippen molar-refractivity contribution in [2.75, 3.05) is 0 Å². The smallest absolute Gasteiger partial charge is 0.165 e. The predicted molar refractivity (Wildman–Crippen MR) is 112 cm³/mol. The molecule has 0 saturated carbocycles. The quantitative estimate of drug-likeness (QED) is 0.454. The first kappa shape index (κ1) is 21.0. The van der Waals surface area contributed by atoms with Gasteiger partial charge in [0.25, 0.3) is 0 Å². The Bertz CT molecular complexity index is 895. The topological polar surface area (TPSA) is 0 Å². The first-order valence-corrected chi connectivity index (χ1v) is 9.30. The van der Waals surface area contributed by atoms with Gasteiger partial charge in [-0.3, -0.25) is 0 Å². The summed E-state index contributed by atoms with van der Waals surface area (Å²) in [7, 11) is 0. The fourth-order valence-electron chi connectivity index (χ4n) is 3.56. The van der Waals surface area contributed by atoms with Crippen molar-refractivity contribution in [3.8, 4) is 11.1 Å². The van der Waals surface area contributed by atoms with E-state index in [1.165, 1.54) is 44.2 Å². The molecule has 0 spiro atoms. The van der Waals surface area contributed by atoms with E-state index in [1.54, 1.807) is 0 Å². The van der Waals surface area contributed by atoms with E-state index in [0.717, 1.165) is 0 Å². The molecular weight excluding hydrogens is 307 g/mol. The van der Waals surface area contributed by atoms with Crippen LogP contribution in [0.5, 0.6) is 0 Å². The fourth-order valence-corrected chi connectivity index (χ4v) is 3.56. The molecule has 0 fully saturated rings. The normalized spacial score (nSPS) is 12.3. The van der Waals surface area contributed by atoms with Crippen LogP contribution in [0.4, 0.5) is 0 Å². The molecule has 3 rings (SSSR count). The van der Waals surface area contributed by atoms with Gasteiger partial charge in [-0.1, -0.05) is 77.8 Å². The van der Waals surface area contributed by atoms with E-state index in [9.17, 15) is 0 Å². The van der Waals surface area contributed by atoms with Gasteiger partial charge in [0, 0.05) is 0 Å². The van der Waals surface area contributed by atoms with Crippen LogP contribution in [-0.2, 0) is 10.8 Å². The van der Waals surface area contributed by atoms with Gasteiger partial charge in [-0.2, -0.15) is 6.07 Å². The van der Waals surface area contributed by atoms with Crippen LogP contribution in [-0.4, -0.2) is 0 Å². The van der Waals surface area contributed by atoms with Crippen LogP contribution in [0.15, 0.2) is 42.5 Å². The van der Waals surface area contributed by atoms with Crippen molar-refractivity contribution >= 4 is 10.8 Å². The molecule has 0 heterocycles. The first-order valence-electron chi connectivity index (χ1n) is 9.30. The molecule has 0 radical (unpaired) electrons. The Balaban J connectivity index is 0.00000243. The van der Waals surface area contributed by atoms with E-state index < -0.39 is 0 Å². The Labute approximate surface area is 171 Å². The number of fused-ring (bicyclic) bond motifs is 1. The summed E-state index contributed by atoms with van der Waals surface area (Å²) >= 11 is 0. The average molecular weight is 338 g/mol. The summed E-state index contributed by atoms with van der Waals surface area (Å²) in [6.45, 7) is 18.2. The molecule has 0 aliphatic carbocycles. The zero-order chi connectivity index (χ0) is 18.6. The molecule has 0 aliphatic heterocycles. The van der Waals surface area contributed by atoms with Crippen LogP contribution in [0.2, 0.25) is 0 Å². The van der Waals surface area contributed by atoms with Gasteiger partial charge in [0.2, 0.25) is 0 Å². The maximum absolute atomic E-state index is 2.40. The molecule has 0 N–H and O–H groups in total. The zero-order valence-corrected chi connectivity index (χ0v) is 18.0. The Morgan fingerprint density at radius 2 is 1.27 bits per heavy atom. The molecule has 0 aliphatic rings. The summed E-state index contributed by atoms with van der Waals surface area (Å²) in [5.41, 5.74) is 8.53. The van der Waals surface area contributed by atoms with E-state index in [4.69, 9.17) is 0 Å². The zero-order valence-electron chi connectivity index (χ0n) is 18.0. The van der Waals surface area contributed by atoms with Gasteiger partial charge in [-0.25, -0.2) is 0 Å². The van der Waals surface area contributed by atoms with Crippen molar-refractivity contribution in [3.05, 3.63) is 64.7 Å². The van der Waals surface area contributed by atoms with Gasteiger partial charge in [-0.15, -0.1) is 34.5 Å². The largest absolute Gasteiger partial charge is 1.00 e. The van der Waals surface area contributed by atoms with Gasteiger partial charge >= 0.3 is 18.9 Å². The van der Waals surface area contributed by atoms with Gasteiger partial charge < -0.3 is 0 Å². The third-order valence-corrected chi connectivity index (χ3v) is 5.20. The van der Waals surface area contributed by atoms with Crippen molar-refractivity contribution in [1.29, 1.82) is 0 Å². The average Bonchev–Trinajstić information content (AvgIpc) is 2.85. The number of hydrogen-bond acceptors (Lipinski definition) is 0. The van der Waals surface area contributed by atoms with Crippen LogP contribution in [0.25, 0.3) is 21.9 Å². The van der Waals surface area contributed by atoms with E-state index >= 15 is 0 Å². The summed E-state index contributed by atoms with van der Waals surface area (Å²) in [5, 5.41) is 2.72. The summed E-state index contributed by atoms with van der Waals surface area (Å²) in [6, 6.07) is 16.3.